The second-order valence-electron chi connectivity index (χ2n) is 6.27. The maximum Gasteiger partial charge on any atom is 0.257 e. The van der Waals surface area contributed by atoms with Gasteiger partial charge in [0.2, 0.25) is 0 Å². The van der Waals surface area contributed by atoms with Crippen molar-refractivity contribution in [2.75, 3.05) is 5.32 Å². The van der Waals surface area contributed by atoms with E-state index < -0.39 is 0 Å². The molecule has 2 N–H and O–H groups in total. The maximum absolute atomic E-state index is 12.3. The summed E-state index contributed by atoms with van der Waals surface area (Å²) < 4.78 is 1.01. The number of aryl methyl sites for hydroxylation is 1. The lowest BCUT2D eigenvalue weighted by atomic mass is 10.0. The number of anilines is 1. The molecule has 7 heteroatoms. The lowest BCUT2D eigenvalue weighted by Crippen LogP contribution is -2.34. The van der Waals surface area contributed by atoms with Crippen molar-refractivity contribution in [3.05, 3.63) is 58.1 Å². The molecule has 3 aromatic rings. The molecular weight excluding hydrogens is 386 g/mol. The largest absolute Gasteiger partial charge is 0.308 e. The zero-order valence-corrected chi connectivity index (χ0v) is 17.0. The molecule has 2 aromatic carbocycles. The molecule has 0 saturated carbocycles. The first-order chi connectivity index (χ1) is 12.3. The van der Waals surface area contributed by atoms with Crippen LogP contribution in [0.25, 0.3) is 10.2 Å². The Hall–Kier alpha value is -2.02. The lowest BCUT2D eigenvalue weighted by molar-refractivity contribution is 0.0977. The second kappa shape index (κ2) is 7.70. The molecule has 0 aliphatic heterocycles. The van der Waals surface area contributed by atoms with E-state index in [0.29, 0.717) is 21.6 Å². The summed E-state index contributed by atoms with van der Waals surface area (Å²) in [5.41, 5.74) is 3.54. The number of hydrogen-bond donors (Lipinski definition) is 2. The molecule has 0 bridgehead atoms. The van der Waals surface area contributed by atoms with Crippen LogP contribution >= 0.6 is 35.2 Å². The Labute approximate surface area is 166 Å². The van der Waals surface area contributed by atoms with Crippen LogP contribution in [0.5, 0.6) is 0 Å². The quantitative estimate of drug-likeness (QED) is 0.566. The minimum absolute atomic E-state index is 0.213. The van der Waals surface area contributed by atoms with Crippen LogP contribution in [0.3, 0.4) is 0 Å². The van der Waals surface area contributed by atoms with E-state index in [4.69, 9.17) is 23.8 Å². The van der Waals surface area contributed by atoms with E-state index in [-0.39, 0.29) is 11.0 Å². The van der Waals surface area contributed by atoms with E-state index in [1.54, 1.807) is 12.1 Å². The standard InChI is InChI=1S/C19H18ClN3OS2/c1-10(2)12-4-6-13(7-5-12)17(24)22-18(25)23-19-21-15-9-14(20)11(3)8-16(15)26-19/h4-10H,1-3H3,(H2,21,22,23,24,25). The number of carbonyl (C=O) groups excluding carboxylic acids is 1. The van der Waals surface area contributed by atoms with Crippen LogP contribution in [-0.4, -0.2) is 16.0 Å². The predicted octanol–water partition coefficient (Wildman–Crippen LogP) is 5.51. The van der Waals surface area contributed by atoms with Crippen molar-refractivity contribution in [2.45, 2.75) is 26.7 Å². The predicted molar refractivity (Wildman–Crippen MR) is 114 cm³/mol. The summed E-state index contributed by atoms with van der Waals surface area (Å²) in [6.45, 7) is 6.17. The molecule has 134 valence electrons. The number of thiazole rings is 1. The van der Waals surface area contributed by atoms with Gasteiger partial charge in [-0.05, 0) is 60.5 Å². The van der Waals surface area contributed by atoms with Crippen LogP contribution < -0.4 is 10.6 Å². The molecule has 0 unspecified atom stereocenters. The smallest absolute Gasteiger partial charge is 0.257 e. The normalized spacial score (nSPS) is 11.0. The Morgan fingerprint density at radius 1 is 1.23 bits per heavy atom. The summed E-state index contributed by atoms with van der Waals surface area (Å²) in [5.74, 6) is 0.170. The van der Waals surface area contributed by atoms with E-state index >= 15 is 0 Å². The highest BCUT2D eigenvalue weighted by Crippen LogP contribution is 2.30. The zero-order chi connectivity index (χ0) is 18.8. The first kappa shape index (κ1) is 18.8. The van der Waals surface area contributed by atoms with Crippen molar-refractivity contribution in [1.29, 1.82) is 0 Å². The van der Waals surface area contributed by atoms with Crippen LogP contribution in [0.1, 0.15) is 41.3 Å². The molecule has 0 radical (unpaired) electrons. The van der Waals surface area contributed by atoms with Crippen LogP contribution in [-0.2, 0) is 0 Å². The molecule has 0 aliphatic rings. The third-order valence-corrected chi connectivity index (χ3v) is 5.50. The zero-order valence-electron chi connectivity index (χ0n) is 14.6. The number of nitrogens with zero attached hydrogens (tertiary/aromatic N) is 1. The first-order valence-electron chi connectivity index (χ1n) is 8.12. The Morgan fingerprint density at radius 3 is 2.58 bits per heavy atom. The highest BCUT2D eigenvalue weighted by Gasteiger charge is 2.11. The summed E-state index contributed by atoms with van der Waals surface area (Å²) in [4.78, 5) is 16.8. The number of carbonyl (C=O) groups is 1. The minimum atomic E-state index is -0.252. The van der Waals surface area contributed by atoms with Gasteiger partial charge in [-0.2, -0.15) is 0 Å². The van der Waals surface area contributed by atoms with Gasteiger partial charge >= 0.3 is 0 Å². The highest BCUT2D eigenvalue weighted by molar-refractivity contribution is 7.80. The van der Waals surface area contributed by atoms with Gasteiger partial charge in [0.05, 0.1) is 10.2 Å². The minimum Gasteiger partial charge on any atom is -0.308 e. The molecule has 26 heavy (non-hydrogen) atoms. The number of thiocarbonyl (C=S) groups is 1. The first-order valence-corrected chi connectivity index (χ1v) is 9.72. The molecule has 0 saturated heterocycles. The molecule has 0 atom stereocenters. The number of amides is 1. The van der Waals surface area contributed by atoms with Crippen LogP contribution in [0.2, 0.25) is 5.02 Å². The van der Waals surface area contributed by atoms with Crippen molar-refractivity contribution in [3.8, 4) is 0 Å². The Morgan fingerprint density at radius 2 is 1.92 bits per heavy atom. The fourth-order valence-corrected chi connectivity index (χ4v) is 3.79. The van der Waals surface area contributed by atoms with Gasteiger partial charge in [-0.1, -0.05) is 48.9 Å². The molecule has 1 amide bonds. The Kier molecular flexibility index (Phi) is 5.55. The average molecular weight is 404 g/mol. The van der Waals surface area contributed by atoms with Crippen molar-refractivity contribution in [2.24, 2.45) is 0 Å². The summed E-state index contributed by atoms with van der Waals surface area (Å²) >= 11 is 12.8. The lowest BCUT2D eigenvalue weighted by Gasteiger charge is -2.09. The number of aromatic nitrogens is 1. The summed E-state index contributed by atoms with van der Waals surface area (Å²) in [7, 11) is 0. The molecule has 0 spiro atoms. The summed E-state index contributed by atoms with van der Waals surface area (Å²) in [5, 5.41) is 7.15. The Bertz CT molecular complexity index is 941. The number of rotatable bonds is 3. The van der Waals surface area contributed by atoms with Crippen LogP contribution in [0.15, 0.2) is 36.4 Å². The van der Waals surface area contributed by atoms with E-state index in [2.05, 4.69) is 29.5 Å². The fourth-order valence-electron chi connectivity index (χ4n) is 2.43. The van der Waals surface area contributed by atoms with Gasteiger partial charge in [0.1, 0.15) is 0 Å². The molecule has 4 nitrogen and oxygen atoms in total. The molecule has 0 fully saturated rings. The van der Waals surface area contributed by atoms with Crippen LogP contribution in [0.4, 0.5) is 5.13 Å². The number of benzene rings is 2. The fraction of sp³-hybridized carbons (Fsp3) is 0.211. The highest BCUT2D eigenvalue weighted by atomic mass is 35.5. The van der Waals surface area contributed by atoms with Crippen LogP contribution in [0, 0.1) is 6.92 Å². The average Bonchev–Trinajstić information content (AvgIpc) is 2.96. The number of hydrogen-bond acceptors (Lipinski definition) is 4. The third kappa shape index (κ3) is 4.20. The Balaban J connectivity index is 1.67. The van der Waals surface area contributed by atoms with Gasteiger partial charge in [-0.25, -0.2) is 4.98 Å². The molecule has 0 aliphatic carbocycles. The third-order valence-electron chi connectivity index (χ3n) is 3.96. The van der Waals surface area contributed by atoms with Crippen molar-refractivity contribution in [1.82, 2.24) is 10.3 Å². The maximum atomic E-state index is 12.3. The monoisotopic (exact) mass is 403 g/mol. The molecule has 1 heterocycles. The number of fused-ring (bicyclic) bond motifs is 1. The van der Waals surface area contributed by atoms with E-state index in [9.17, 15) is 4.79 Å². The van der Waals surface area contributed by atoms with Gasteiger partial charge in [0.15, 0.2) is 10.2 Å². The SMILES string of the molecule is Cc1cc2sc(NC(=S)NC(=O)c3ccc(C(C)C)cc3)nc2cc1Cl. The molecular formula is C19H18ClN3OS2. The number of nitrogens with one attached hydrogen (secondary N) is 2. The van der Waals surface area contributed by atoms with Crippen molar-refractivity contribution in [3.63, 3.8) is 0 Å². The second-order valence-corrected chi connectivity index (χ2v) is 8.12. The van der Waals surface area contributed by atoms with Gasteiger partial charge in [-0.15, -0.1) is 0 Å². The van der Waals surface area contributed by atoms with E-state index in [1.807, 2.05) is 31.2 Å². The van der Waals surface area contributed by atoms with Crippen molar-refractivity contribution < 1.29 is 4.79 Å². The van der Waals surface area contributed by atoms with Gasteiger partial charge in [-0.3, -0.25) is 10.1 Å². The summed E-state index contributed by atoms with van der Waals surface area (Å²) in [6, 6.07) is 11.3. The van der Waals surface area contributed by atoms with Crippen molar-refractivity contribution >= 4 is 61.5 Å². The van der Waals surface area contributed by atoms with Gasteiger partial charge < -0.3 is 5.32 Å². The molecule has 1 aromatic heterocycles. The summed E-state index contributed by atoms with van der Waals surface area (Å²) in [6.07, 6.45) is 0. The van der Waals surface area contributed by atoms with E-state index in [1.165, 1.54) is 16.9 Å². The number of halogens is 1. The van der Waals surface area contributed by atoms with Gasteiger partial charge in [0.25, 0.3) is 5.91 Å². The van der Waals surface area contributed by atoms with E-state index in [0.717, 1.165) is 15.8 Å². The topological polar surface area (TPSA) is 54.0 Å². The van der Waals surface area contributed by atoms with Gasteiger partial charge in [0, 0.05) is 10.6 Å². The molecule has 3 rings (SSSR count).